The zero-order valence-corrected chi connectivity index (χ0v) is 11.1. The molecule has 1 rings (SSSR count). The fourth-order valence-corrected chi connectivity index (χ4v) is 2.20. The first-order chi connectivity index (χ1) is 8.19. The number of carbonyl (C=O) groups is 1. The molecule has 0 spiro atoms. The molecule has 0 aromatic rings. The van der Waals surface area contributed by atoms with Crippen LogP contribution in [0.25, 0.3) is 0 Å². The predicted octanol–water partition coefficient (Wildman–Crippen LogP) is 1.18. The Hall–Kier alpha value is -0.870. The molecule has 0 unspecified atom stereocenters. The van der Waals surface area contributed by atoms with Crippen LogP contribution in [0.4, 0.5) is 0 Å². The first kappa shape index (κ1) is 14.2. The van der Waals surface area contributed by atoms with Crippen molar-refractivity contribution >= 4 is 5.91 Å². The van der Waals surface area contributed by atoms with Crippen LogP contribution >= 0.6 is 0 Å². The molecule has 0 fully saturated rings. The van der Waals surface area contributed by atoms with Crippen molar-refractivity contribution in [2.45, 2.75) is 32.6 Å². The molecule has 0 aliphatic heterocycles. The monoisotopic (exact) mass is 239 g/mol. The van der Waals surface area contributed by atoms with Gasteiger partial charge in [-0.1, -0.05) is 6.08 Å². The van der Waals surface area contributed by atoms with E-state index < -0.39 is 0 Å². The van der Waals surface area contributed by atoms with Crippen molar-refractivity contribution in [2.75, 3.05) is 33.2 Å². The van der Waals surface area contributed by atoms with Gasteiger partial charge in [0.2, 0.25) is 5.91 Å². The lowest BCUT2D eigenvalue weighted by molar-refractivity contribution is -0.130. The van der Waals surface area contributed by atoms with Crippen molar-refractivity contribution in [2.24, 2.45) is 5.73 Å². The second-order valence-corrected chi connectivity index (χ2v) is 4.61. The highest BCUT2D eigenvalue weighted by Crippen LogP contribution is 2.21. The van der Waals surface area contributed by atoms with Crippen molar-refractivity contribution in [1.29, 1.82) is 0 Å². The van der Waals surface area contributed by atoms with E-state index in [1.807, 2.05) is 23.8 Å². The first-order valence-electron chi connectivity index (χ1n) is 6.57. The topological polar surface area (TPSA) is 49.6 Å². The third-order valence-corrected chi connectivity index (χ3v) is 3.13. The maximum atomic E-state index is 12.1. The van der Waals surface area contributed by atoms with Gasteiger partial charge in [-0.05, 0) is 52.7 Å². The Kier molecular flexibility index (Phi) is 6.22. The smallest absolute Gasteiger partial charge is 0.240 e. The summed E-state index contributed by atoms with van der Waals surface area (Å²) in [6, 6.07) is 0. The molecule has 0 radical (unpaired) electrons. The average Bonchev–Trinajstić information content (AvgIpc) is 2.81. The van der Waals surface area contributed by atoms with Gasteiger partial charge in [-0.25, -0.2) is 0 Å². The van der Waals surface area contributed by atoms with Gasteiger partial charge >= 0.3 is 0 Å². The van der Waals surface area contributed by atoms with Crippen LogP contribution in [-0.4, -0.2) is 48.9 Å². The Labute approximate surface area is 104 Å². The van der Waals surface area contributed by atoms with Crippen LogP contribution in [0.5, 0.6) is 0 Å². The highest BCUT2D eigenvalue weighted by molar-refractivity contribution is 5.80. The van der Waals surface area contributed by atoms with Crippen molar-refractivity contribution in [3.8, 4) is 0 Å². The summed E-state index contributed by atoms with van der Waals surface area (Å²) >= 11 is 0. The molecule has 0 aromatic carbocycles. The Bertz CT molecular complexity index is 276. The third kappa shape index (κ3) is 4.48. The molecule has 0 heterocycles. The van der Waals surface area contributed by atoms with E-state index in [-0.39, 0.29) is 5.91 Å². The zero-order valence-electron chi connectivity index (χ0n) is 11.1. The van der Waals surface area contributed by atoms with E-state index in [0.717, 1.165) is 32.4 Å². The van der Waals surface area contributed by atoms with Crippen molar-refractivity contribution < 1.29 is 4.79 Å². The molecular weight excluding hydrogens is 214 g/mol. The van der Waals surface area contributed by atoms with Gasteiger partial charge in [0.15, 0.2) is 0 Å². The molecular formula is C13H25N3O. The maximum absolute atomic E-state index is 12.1. The molecule has 17 heavy (non-hydrogen) atoms. The molecule has 1 amide bonds. The van der Waals surface area contributed by atoms with E-state index in [1.165, 1.54) is 12.1 Å². The summed E-state index contributed by atoms with van der Waals surface area (Å²) in [5, 5.41) is 0. The highest BCUT2D eigenvalue weighted by atomic mass is 16.2. The number of hydrogen-bond donors (Lipinski definition) is 1. The van der Waals surface area contributed by atoms with Gasteiger partial charge in [-0.2, -0.15) is 0 Å². The molecule has 0 atom stereocenters. The minimum atomic E-state index is 0.208. The zero-order chi connectivity index (χ0) is 12.7. The summed E-state index contributed by atoms with van der Waals surface area (Å²) in [7, 11) is 1.98. The number of allylic oxidation sites excluding steroid dienone is 2. The summed E-state index contributed by atoms with van der Waals surface area (Å²) in [6.45, 7) is 4.87. The highest BCUT2D eigenvalue weighted by Gasteiger charge is 2.19. The van der Waals surface area contributed by atoms with E-state index in [4.69, 9.17) is 5.73 Å². The predicted molar refractivity (Wildman–Crippen MR) is 70.5 cm³/mol. The Balaban J connectivity index is 2.43. The maximum Gasteiger partial charge on any atom is 0.240 e. The van der Waals surface area contributed by atoms with Crippen LogP contribution in [0.3, 0.4) is 0 Å². The van der Waals surface area contributed by atoms with Gasteiger partial charge < -0.3 is 10.6 Å². The normalized spacial score (nSPS) is 15.2. The molecule has 2 N–H and O–H groups in total. The van der Waals surface area contributed by atoms with Crippen LogP contribution in [0.2, 0.25) is 0 Å². The van der Waals surface area contributed by atoms with Crippen molar-refractivity contribution in [3.05, 3.63) is 11.8 Å². The van der Waals surface area contributed by atoms with Crippen LogP contribution in [0, 0.1) is 0 Å². The molecule has 0 saturated heterocycles. The number of rotatable bonds is 7. The largest absolute Gasteiger partial charge is 0.330 e. The van der Waals surface area contributed by atoms with E-state index in [9.17, 15) is 4.79 Å². The Morgan fingerprint density at radius 3 is 2.82 bits per heavy atom. The standard InChI is InChI=1S/C13H25N3O/c1-3-16(12-7-4-5-8-12)13(17)11-15(2)10-6-9-14/h7H,3-6,8-11,14H2,1-2H3. The van der Waals surface area contributed by atoms with E-state index >= 15 is 0 Å². The Morgan fingerprint density at radius 1 is 1.53 bits per heavy atom. The molecule has 0 bridgehead atoms. The minimum absolute atomic E-state index is 0.208. The summed E-state index contributed by atoms with van der Waals surface area (Å²) in [5.41, 5.74) is 6.67. The lowest BCUT2D eigenvalue weighted by Gasteiger charge is -2.25. The van der Waals surface area contributed by atoms with Gasteiger partial charge in [-0.15, -0.1) is 0 Å². The number of amides is 1. The van der Waals surface area contributed by atoms with Crippen LogP contribution in [0.1, 0.15) is 32.6 Å². The summed E-state index contributed by atoms with van der Waals surface area (Å²) in [5.74, 6) is 0.208. The molecule has 4 heteroatoms. The summed E-state index contributed by atoms with van der Waals surface area (Å²) in [6.07, 6.45) is 6.48. The van der Waals surface area contributed by atoms with Crippen LogP contribution in [0.15, 0.2) is 11.8 Å². The van der Waals surface area contributed by atoms with Gasteiger partial charge in [0.05, 0.1) is 6.54 Å². The van der Waals surface area contributed by atoms with Gasteiger partial charge in [0, 0.05) is 12.2 Å². The number of carbonyl (C=O) groups excluding carboxylic acids is 1. The van der Waals surface area contributed by atoms with E-state index in [2.05, 4.69) is 6.08 Å². The summed E-state index contributed by atoms with van der Waals surface area (Å²) < 4.78 is 0. The fraction of sp³-hybridized carbons (Fsp3) is 0.769. The molecule has 1 aliphatic rings. The van der Waals surface area contributed by atoms with E-state index in [1.54, 1.807) is 0 Å². The lowest BCUT2D eigenvalue weighted by Crippen LogP contribution is -2.38. The second-order valence-electron chi connectivity index (χ2n) is 4.61. The fourth-order valence-electron chi connectivity index (χ4n) is 2.20. The molecule has 4 nitrogen and oxygen atoms in total. The van der Waals surface area contributed by atoms with Crippen LogP contribution < -0.4 is 5.73 Å². The number of nitrogens with zero attached hydrogens (tertiary/aromatic N) is 2. The lowest BCUT2D eigenvalue weighted by atomic mass is 10.3. The van der Waals surface area contributed by atoms with Crippen molar-refractivity contribution in [3.63, 3.8) is 0 Å². The number of hydrogen-bond acceptors (Lipinski definition) is 3. The SMILES string of the molecule is CCN(C(=O)CN(C)CCCN)C1=CCCC1. The van der Waals surface area contributed by atoms with Crippen molar-refractivity contribution in [1.82, 2.24) is 9.80 Å². The summed E-state index contributed by atoms with van der Waals surface area (Å²) in [4.78, 5) is 16.1. The second kappa shape index (κ2) is 7.45. The molecule has 1 aliphatic carbocycles. The number of nitrogens with two attached hydrogens (primary N) is 1. The number of likely N-dealkylation sites (N-methyl/N-ethyl adjacent to an activating group) is 2. The minimum Gasteiger partial charge on any atom is -0.330 e. The van der Waals surface area contributed by atoms with Gasteiger partial charge in [0.25, 0.3) is 0 Å². The van der Waals surface area contributed by atoms with Gasteiger partial charge in [-0.3, -0.25) is 9.69 Å². The van der Waals surface area contributed by atoms with Gasteiger partial charge in [0.1, 0.15) is 0 Å². The third-order valence-electron chi connectivity index (χ3n) is 3.13. The van der Waals surface area contributed by atoms with Crippen LogP contribution in [-0.2, 0) is 4.79 Å². The average molecular weight is 239 g/mol. The first-order valence-corrected chi connectivity index (χ1v) is 6.57. The molecule has 0 saturated carbocycles. The molecule has 0 aromatic heterocycles. The molecule has 98 valence electrons. The van der Waals surface area contributed by atoms with E-state index in [0.29, 0.717) is 13.1 Å². The Morgan fingerprint density at radius 2 is 2.29 bits per heavy atom. The quantitative estimate of drug-likeness (QED) is 0.726.